The molecule has 0 amide bonds. The van der Waals surface area contributed by atoms with Gasteiger partial charge in [0, 0.05) is 27.7 Å². The average Bonchev–Trinajstić information content (AvgIpc) is 3.01. The van der Waals surface area contributed by atoms with Crippen molar-refractivity contribution >= 4 is 33.0 Å². The molecule has 34 heavy (non-hydrogen) atoms. The van der Waals surface area contributed by atoms with Gasteiger partial charge < -0.3 is 4.90 Å². The van der Waals surface area contributed by atoms with Gasteiger partial charge in [-0.2, -0.15) is 0 Å². The second-order valence-electron chi connectivity index (χ2n) is 11.3. The highest BCUT2D eigenvalue weighted by Crippen LogP contribution is 2.54. The predicted octanol–water partition coefficient (Wildman–Crippen LogP) is 9.43. The van der Waals surface area contributed by atoms with Gasteiger partial charge >= 0.3 is 0 Å². The second-order valence-corrected chi connectivity index (χ2v) is 12.2. The van der Waals surface area contributed by atoms with Gasteiger partial charge in [-0.25, -0.2) is 0 Å². The first-order valence-electron chi connectivity index (χ1n) is 12.1. The molecule has 0 unspecified atom stereocenters. The average molecular weight is 509 g/mol. The van der Waals surface area contributed by atoms with E-state index in [9.17, 15) is 0 Å². The molecule has 4 aromatic rings. The van der Waals surface area contributed by atoms with E-state index in [4.69, 9.17) is 0 Å². The fraction of sp³-hybridized carbons (Fsp3) is 0.250. The molecule has 4 aromatic carbocycles. The van der Waals surface area contributed by atoms with Gasteiger partial charge in [0.15, 0.2) is 0 Å². The molecule has 0 spiro atoms. The van der Waals surface area contributed by atoms with Gasteiger partial charge in [0.05, 0.1) is 5.69 Å². The molecular formula is C32H30BrN. The fourth-order valence-corrected chi connectivity index (χ4v) is 6.12. The number of benzene rings is 4. The first-order chi connectivity index (χ1) is 16.1. The van der Waals surface area contributed by atoms with Crippen molar-refractivity contribution < 1.29 is 0 Å². The quantitative estimate of drug-likeness (QED) is 0.218. The van der Waals surface area contributed by atoms with E-state index in [1.54, 1.807) is 0 Å². The summed E-state index contributed by atoms with van der Waals surface area (Å²) in [5, 5.41) is 0. The number of fused-ring (bicyclic) bond motifs is 5. The molecule has 1 heterocycles. The van der Waals surface area contributed by atoms with Crippen LogP contribution in [0.25, 0.3) is 11.1 Å². The van der Waals surface area contributed by atoms with Crippen molar-refractivity contribution in [1.82, 2.24) is 0 Å². The van der Waals surface area contributed by atoms with E-state index in [0.717, 1.165) is 10.9 Å². The van der Waals surface area contributed by atoms with Crippen molar-refractivity contribution in [3.63, 3.8) is 0 Å². The first kappa shape index (κ1) is 21.7. The molecule has 0 atom stereocenters. The van der Waals surface area contributed by atoms with Crippen LogP contribution in [0.15, 0.2) is 83.3 Å². The van der Waals surface area contributed by atoms with E-state index in [-0.39, 0.29) is 10.8 Å². The molecule has 0 bridgehead atoms. The summed E-state index contributed by atoms with van der Waals surface area (Å²) in [5.41, 5.74) is 13.6. The van der Waals surface area contributed by atoms with Gasteiger partial charge in [-0.3, -0.25) is 0 Å². The number of rotatable bonds is 1. The van der Waals surface area contributed by atoms with Crippen molar-refractivity contribution in [3.8, 4) is 11.1 Å². The highest BCUT2D eigenvalue weighted by Gasteiger charge is 2.38. The minimum atomic E-state index is -0.0286. The van der Waals surface area contributed by atoms with Crippen LogP contribution in [0.1, 0.15) is 62.4 Å². The summed E-state index contributed by atoms with van der Waals surface area (Å²) in [6.07, 6.45) is 0.957. The van der Waals surface area contributed by atoms with E-state index >= 15 is 0 Å². The third kappa shape index (κ3) is 3.19. The fourth-order valence-electron chi connectivity index (χ4n) is 5.75. The van der Waals surface area contributed by atoms with E-state index in [1.165, 1.54) is 56.0 Å². The molecule has 6 rings (SSSR count). The maximum absolute atomic E-state index is 3.70. The van der Waals surface area contributed by atoms with E-state index < -0.39 is 0 Å². The van der Waals surface area contributed by atoms with Gasteiger partial charge in [0.25, 0.3) is 0 Å². The zero-order chi connectivity index (χ0) is 23.8. The molecule has 1 nitrogen and oxygen atoms in total. The Labute approximate surface area is 211 Å². The van der Waals surface area contributed by atoms with Gasteiger partial charge in [-0.05, 0) is 86.8 Å². The van der Waals surface area contributed by atoms with Crippen LogP contribution in [0.2, 0.25) is 0 Å². The lowest BCUT2D eigenvalue weighted by molar-refractivity contribution is 0.590. The van der Waals surface area contributed by atoms with Crippen LogP contribution in [0.4, 0.5) is 17.1 Å². The third-order valence-electron chi connectivity index (χ3n) is 7.68. The Kier molecular flexibility index (Phi) is 4.67. The molecule has 170 valence electrons. The highest BCUT2D eigenvalue weighted by molar-refractivity contribution is 9.10. The normalized spacial score (nSPS) is 15.4. The lowest BCUT2D eigenvalue weighted by Crippen LogP contribution is -2.21. The summed E-state index contributed by atoms with van der Waals surface area (Å²) in [5.74, 6) is 0. The molecule has 2 heteroatoms. The molecule has 1 aliphatic carbocycles. The summed E-state index contributed by atoms with van der Waals surface area (Å²) in [4.78, 5) is 2.47. The molecule has 1 aliphatic heterocycles. The van der Waals surface area contributed by atoms with Crippen LogP contribution in [0.5, 0.6) is 0 Å². The van der Waals surface area contributed by atoms with Crippen LogP contribution >= 0.6 is 15.9 Å². The summed E-state index contributed by atoms with van der Waals surface area (Å²) in [6.45, 7) is 11.5. The number of nitrogens with zero attached hydrogens (tertiary/aromatic N) is 1. The largest absolute Gasteiger partial charge is 0.310 e. The monoisotopic (exact) mass is 507 g/mol. The van der Waals surface area contributed by atoms with Gasteiger partial charge in [0.1, 0.15) is 0 Å². The van der Waals surface area contributed by atoms with Gasteiger partial charge in [-0.15, -0.1) is 0 Å². The number of para-hydroxylation sites is 1. The first-order valence-corrected chi connectivity index (χ1v) is 12.9. The molecule has 2 aliphatic rings. The second kappa shape index (κ2) is 7.33. The van der Waals surface area contributed by atoms with Crippen LogP contribution in [0.3, 0.4) is 0 Å². The van der Waals surface area contributed by atoms with Crippen LogP contribution in [0, 0.1) is 0 Å². The maximum Gasteiger partial charge on any atom is 0.0500 e. The summed E-state index contributed by atoms with van der Waals surface area (Å²) in [6, 6.07) is 29.7. The van der Waals surface area contributed by atoms with Crippen molar-refractivity contribution in [2.45, 2.75) is 51.9 Å². The lowest BCUT2D eigenvalue weighted by Gasteiger charge is -2.35. The van der Waals surface area contributed by atoms with Crippen LogP contribution in [-0.2, 0) is 17.3 Å². The summed E-state index contributed by atoms with van der Waals surface area (Å²) < 4.78 is 1.14. The SMILES string of the molecule is CC(C)(C)c1ccc(N2c3ccccc3Cc3cc4c(cc32)C(C)(C)c2ccc(Br)cc2-4)cc1. The van der Waals surface area contributed by atoms with Crippen molar-refractivity contribution in [3.05, 3.63) is 111 Å². The van der Waals surface area contributed by atoms with Crippen molar-refractivity contribution in [1.29, 1.82) is 0 Å². The zero-order valence-corrected chi connectivity index (χ0v) is 22.1. The Balaban J connectivity index is 1.57. The Hall–Kier alpha value is -2.84. The lowest BCUT2D eigenvalue weighted by atomic mass is 9.81. The maximum atomic E-state index is 3.70. The topological polar surface area (TPSA) is 3.24 Å². The van der Waals surface area contributed by atoms with E-state index in [0.29, 0.717) is 0 Å². The van der Waals surface area contributed by atoms with Crippen LogP contribution < -0.4 is 4.90 Å². The molecule has 0 saturated heterocycles. The minimum Gasteiger partial charge on any atom is -0.310 e. The molecule has 0 aromatic heterocycles. The zero-order valence-electron chi connectivity index (χ0n) is 20.5. The van der Waals surface area contributed by atoms with E-state index in [2.05, 4.69) is 134 Å². The molecule has 0 fully saturated rings. The standard InChI is InChI=1S/C32H30BrN/c1-31(2,3)22-10-13-24(14-11-22)34-29-9-7-6-8-20(29)16-21-17-25-26-18-23(33)12-15-27(26)32(4,5)28(25)19-30(21)34/h6-15,17-19H,16H2,1-5H3. The number of anilines is 3. The van der Waals surface area contributed by atoms with Gasteiger partial charge in [-0.1, -0.05) is 86.9 Å². The Morgan fingerprint density at radius 1 is 0.735 bits per heavy atom. The predicted molar refractivity (Wildman–Crippen MR) is 148 cm³/mol. The molecular weight excluding hydrogens is 478 g/mol. The number of hydrogen-bond donors (Lipinski definition) is 0. The van der Waals surface area contributed by atoms with Crippen LogP contribution in [-0.4, -0.2) is 0 Å². The number of halogens is 1. The minimum absolute atomic E-state index is 0.0286. The Bertz CT molecular complexity index is 1440. The van der Waals surface area contributed by atoms with Crippen molar-refractivity contribution in [2.24, 2.45) is 0 Å². The molecule has 0 radical (unpaired) electrons. The highest BCUT2D eigenvalue weighted by atomic mass is 79.9. The Morgan fingerprint density at radius 3 is 2.18 bits per heavy atom. The number of hydrogen-bond acceptors (Lipinski definition) is 1. The summed E-state index contributed by atoms with van der Waals surface area (Å²) >= 11 is 3.70. The molecule has 0 N–H and O–H groups in total. The smallest absolute Gasteiger partial charge is 0.0500 e. The van der Waals surface area contributed by atoms with E-state index in [1.807, 2.05) is 0 Å². The summed E-state index contributed by atoms with van der Waals surface area (Å²) in [7, 11) is 0. The Morgan fingerprint density at radius 2 is 1.44 bits per heavy atom. The van der Waals surface area contributed by atoms with Gasteiger partial charge in [0.2, 0.25) is 0 Å². The third-order valence-corrected chi connectivity index (χ3v) is 8.18. The molecule has 0 saturated carbocycles. The van der Waals surface area contributed by atoms with Crippen molar-refractivity contribution in [2.75, 3.05) is 4.90 Å².